The van der Waals surface area contributed by atoms with Crippen molar-refractivity contribution in [2.24, 2.45) is 0 Å². The van der Waals surface area contributed by atoms with Crippen LogP contribution in [0.2, 0.25) is 0 Å². The highest BCUT2D eigenvalue weighted by Crippen LogP contribution is 2.24. The number of rotatable bonds is 2. The highest BCUT2D eigenvalue weighted by Gasteiger charge is 2.16. The molecule has 0 saturated heterocycles. The molecular weight excluding hydrogens is 244 g/mol. The van der Waals surface area contributed by atoms with Gasteiger partial charge in [0.25, 0.3) is 0 Å². The summed E-state index contributed by atoms with van der Waals surface area (Å²) in [6.45, 7) is 0. The molecule has 0 unspecified atom stereocenters. The molecule has 0 aliphatic rings. The van der Waals surface area contributed by atoms with Crippen LogP contribution in [0.3, 0.4) is 0 Å². The first-order valence-corrected chi connectivity index (χ1v) is 6.70. The Balaban J connectivity index is 2.84. The van der Waals surface area contributed by atoms with Gasteiger partial charge in [0.2, 0.25) is 5.95 Å². The van der Waals surface area contributed by atoms with Gasteiger partial charge in [-0.25, -0.2) is 4.98 Å². The molecule has 6 nitrogen and oxygen atoms in total. The summed E-state index contributed by atoms with van der Waals surface area (Å²) in [5.41, 5.74) is 6.64. The van der Waals surface area contributed by atoms with Gasteiger partial charge in [-0.15, -0.1) is 11.8 Å². The Bertz CT molecular complexity index is 584. The van der Waals surface area contributed by atoms with E-state index in [4.69, 9.17) is 11.0 Å². The van der Waals surface area contributed by atoms with E-state index in [0.29, 0.717) is 21.4 Å². The first kappa shape index (κ1) is 11.0. The smallest absolute Gasteiger partial charge is 0.225 e. The van der Waals surface area contributed by atoms with Gasteiger partial charge in [0.15, 0.2) is 10.8 Å². The molecule has 0 saturated carbocycles. The van der Waals surface area contributed by atoms with Gasteiger partial charge in [-0.3, -0.25) is 0 Å². The number of fused-ring (bicyclic) bond motifs is 1. The average molecular weight is 252 g/mol. The summed E-state index contributed by atoms with van der Waals surface area (Å²) in [6.07, 6.45) is 3.70. The molecule has 8 heteroatoms. The van der Waals surface area contributed by atoms with Crippen LogP contribution in [0.5, 0.6) is 0 Å². The van der Waals surface area contributed by atoms with Crippen LogP contribution in [0.15, 0.2) is 10.2 Å². The summed E-state index contributed by atoms with van der Waals surface area (Å²) in [5, 5.41) is 14.4. The molecule has 0 aliphatic heterocycles. The average Bonchev–Trinajstić information content (AvgIpc) is 2.66. The number of nitrogens with two attached hydrogens (primary N) is 1. The second kappa shape index (κ2) is 4.19. The van der Waals surface area contributed by atoms with E-state index in [0.717, 1.165) is 0 Å². The van der Waals surface area contributed by atoms with Crippen molar-refractivity contribution in [1.82, 2.24) is 19.6 Å². The van der Waals surface area contributed by atoms with Crippen molar-refractivity contribution < 1.29 is 0 Å². The standard InChI is InChI=1S/C8H8N6S2/c1-15-6-4(3-9)5-11-8(16-2)12-7(10)14(5)13-6/h1-2H3,(H2,10,11,12). The summed E-state index contributed by atoms with van der Waals surface area (Å²) < 4.78 is 1.39. The largest absolute Gasteiger partial charge is 0.368 e. The minimum Gasteiger partial charge on any atom is -0.368 e. The Kier molecular flexibility index (Phi) is 2.89. The molecule has 0 aromatic carbocycles. The molecule has 2 N–H and O–H groups in total. The minimum absolute atomic E-state index is 0.242. The molecular formula is C8H8N6S2. The van der Waals surface area contributed by atoms with Crippen molar-refractivity contribution in [3.8, 4) is 6.07 Å². The van der Waals surface area contributed by atoms with Crippen LogP contribution in [-0.4, -0.2) is 32.1 Å². The van der Waals surface area contributed by atoms with Gasteiger partial charge in [0, 0.05) is 0 Å². The Hall–Kier alpha value is -1.46. The quantitative estimate of drug-likeness (QED) is 0.797. The van der Waals surface area contributed by atoms with E-state index in [-0.39, 0.29) is 5.95 Å². The molecule has 2 heterocycles. The van der Waals surface area contributed by atoms with Crippen LogP contribution in [0, 0.1) is 11.3 Å². The zero-order valence-electron chi connectivity index (χ0n) is 8.63. The van der Waals surface area contributed by atoms with Gasteiger partial charge >= 0.3 is 0 Å². The number of nitriles is 1. The van der Waals surface area contributed by atoms with Gasteiger partial charge in [-0.1, -0.05) is 11.8 Å². The lowest BCUT2D eigenvalue weighted by molar-refractivity contribution is 0.829. The highest BCUT2D eigenvalue weighted by atomic mass is 32.2. The molecule has 0 amide bonds. The number of aromatic nitrogens is 4. The van der Waals surface area contributed by atoms with E-state index in [1.165, 1.54) is 28.0 Å². The van der Waals surface area contributed by atoms with Gasteiger partial charge in [0.05, 0.1) is 0 Å². The number of anilines is 1. The van der Waals surface area contributed by atoms with Gasteiger partial charge in [-0.2, -0.15) is 19.9 Å². The molecule has 2 aromatic heterocycles. The normalized spacial score (nSPS) is 10.6. The summed E-state index contributed by atoms with van der Waals surface area (Å²) >= 11 is 2.76. The molecule has 0 bridgehead atoms. The van der Waals surface area contributed by atoms with Crippen molar-refractivity contribution in [2.75, 3.05) is 18.2 Å². The second-order valence-corrected chi connectivity index (χ2v) is 4.37. The zero-order valence-corrected chi connectivity index (χ0v) is 10.3. The van der Waals surface area contributed by atoms with E-state index in [2.05, 4.69) is 21.1 Å². The van der Waals surface area contributed by atoms with Crippen molar-refractivity contribution in [1.29, 1.82) is 5.26 Å². The van der Waals surface area contributed by atoms with E-state index >= 15 is 0 Å². The third-order valence-electron chi connectivity index (χ3n) is 1.95. The summed E-state index contributed by atoms with van der Waals surface area (Å²) in [5.74, 6) is 0.242. The van der Waals surface area contributed by atoms with Crippen molar-refractivity contribution in [2.45, 2.75) is 10.2 Å². The maximum Gasteiger partial charge on any atom is 0.225 e. The monoisotopic (exact) mass is 252 g/mol. The number of hydrogen-bond donors (Lipinski definition) is 1. The molecule has 0 radical (unpaired) electrons. The first-order chi connectivity index (χ1) is 7.71. The Morgan fingerprint density at radius 2 is 2.06 bits per heavy atom. The SMILES string of the molecule is CSc1nc(N)n2nc(SC)c(C#N)c2n1. The maximum absolute atomic E-state index is 9.07. The molecule has 2 rings (SSSR count). The van der Waals surface area contributed by atoms with Crippen molar-refractivity contribution >= 4 is 35.1 Å². The van der Waals surface area contributed by atoms with E-state index in [1.54, 1.807) is 0 Å². The Morgan fingerprint density at radius 3 is 2.62 bits per heavy atom. The van der Waals surface area contributed by atoms with Crippen LogP contribution in [0.25, 0.3) is 5.65 Å². The summed E-state index contributed by atoms with van der Waals surface area (Å²) in [6, 6.07) is 2.09. The van der Waals surface area contributed by atoms with Crippen LogP contribution in [0.1, 0.15) is 5.56 Å². The third-order valence-corrected chi connectivity index (χ3v) is 3.17. The molecule has 82 valence electrons. The predicted molar refractivity (Wildman–Crippen MR) is 63.5 cm³/mol. The summed E-state index contributed by atoms with van der Waals surface area (Å²) in [7, 11) is 0. The van der Waals surface area contributed by atoms with Crippen LogP contribution < -0.4 is 5.73 Å². The first-order valence-electron chi connectivity index (χ1n) is 4.25. The predicted octanol–water partition coefficient (Wildman–Crippen LogP) is 1.02. The second-order valence-electron chi connectivity index (χ2n) is 2.80. The zero-order chi connectivity index (χ0) is 11.7. The lowest BCUT2D eigenvalue weighted by Gasteiger charge is -1.99. The van der Waals surface area contributed by atoms with Crippen LogP contribution in [0.4, 0.5) is 5.95 Å². The van der Waals surface area contributed by atoms with E-state index in [9.17, 15) is 0 Å². The van der Waals surface area contributed by atoms with Gasteiger partial charge < -0.3 is 5.73 Å². The van der Waals surface area contributed by atoms with Crippen molar-refractivity contribution in [3.05, 3.63) is 5.56 Å². The lowest BCUT2D eigenvalue weighted by Crippen LogP contribution is -2.04. The fraction of sp³-hybridized carbons (Fsp3) is 0.250. The minimum atomic E-state index is 0.242. The van der Waals surface area contributed by atoms with E-state index in [1.807, 2.05) is 12.5 Å². The van der Waals surface area contributed by atoms with Crippen LogP contribution in [-0.2, 0) is 0 Å². The summed E-state index contributed by atoms with van der Waals surface area (Å²) in [4.78, 5) is 8.28. The highest BCUT2D eigenvalue weighted by molar-refractivity contribution is 7.98. The number of nitrogens with zero attached hydrogens (tertiary/aromatic N) is 5. The maximum atomic E-state index is 9.07. The molecule has 0 aliphatic carbocycles. The molecule has 0 atom stereocenters. The fourth-order valence-corrected chi connectivity index (χ4v) is 2.11. The topological polar surface area (TPSA) is 92.9 Å². The number of hydrogen-bond acceptors (Lipinski definition) is 7. The lowest BCUT2D eigenvalue weighted by atomic mass is 10.4. The number of nitrogen functional groups attached to an aromatic ring is 1. The van der Waals surface area contributed by atoms with Gasteiger partial charge in [0.1, 0.15) is 16.7 Å². The van der Waals surface area contributed by atoms with Crippen LogP contribution >= 0.6 is 23.5 Å². The Morgan fingerprint density at radius 1 is 1.31 bits per heavy atom. The van der Waals surface area contributed by atoms with Gasteiger partial charge in [-0.05, 0) is 12.5 Å². The molecule has 0 spiro atoms. The fourth-order valence-electron chi connectivity index (χ4n) is 1.25. The Labute approximate surface area is 100 Å². The molecule has 2 aromatic rings. The molecule has 16 heavy (non-hydrogen) atoms. The number of thioether (sulfide) groups is 2. The third kappa shape index (κ3) is 1.58. The van der Waals surface area contributed by atoms with E-state index < -0.39 is 0 Å². The molecule has 0 fully saturated rings. The van der Waals surface area contributed by atoms with Crippen molar-refractivity contribution in [3.63, 3.8) is 0 Å².